The summed E-state index contributed by atoms with van der Waals surface area (Å²) in [6, 6.07) is 22.8. The molecule has 142 valence electrons. The van der Waals surface area contributed by atoms with Gasteiger partial charge >= 0.3 is 0 Å². The summed E-state index contributed by atoms with van der Waals surface area (Å²) in [6.07, 6.45) is 1.84. The van der Waals surface area contributed by atoms with E-state index in [1.807, 2.05) is 44.7 Å². The van der Waals surface area contributed by atoms with Crippen molar-refractivity contribution in [3.8, 4) is 11.4 Å². The molecule has 0 radical (unpaired) electrons. The Bertz CT molecular complexity index is 1080. The van der Waals surface area contributed by atoms with E-state index < -0.39 is 0 Å². The quantitative estimate of drug-likeness (QED) is 0.532. The van der Waals surface area contributed by atoms with Gasteiger partial charge in [0, 0.05) is 32.0 Å². The van der Waals surface area contributed by atoms with Gasteiger partial charge in [-0.25, -0.2) is 4.98 Å². The fourth-order valence-corrected chi connectivity index (χ4v) is 3.26. The van der Waals surface area contributed by atoms with Crippen molar-refractivity contribution in [2.24, 2.45) is 0 Å². The third-order valence-corrected chi connectivity index (χ3v) is 4.84. The molecule has 0 atom stereocenters. The molecule has 5 heteroatoms. The fraction of sp³-hybridized carbons (Fsp3) is 0.174. The second-order valence-corrected chi connectivity index (χ2v) is 6.90. The lowest BCUT2D eigenvalue weighted by atomic mass is 10.2. The van der Waals surface area contributed by atoms with Crippen LogP contribution in [0.1, 0.15) is 5.56 Å². The molecule has 3 aromatic carbocycles. The van der Waals surface area contributed by atoms with Crippen molar-refractivity contribution in [2.75, 3.05) is 31.4 Å². The molecule has 1 N–H and O–H groups in total. The Kier molecular flexibility index (Phi) is 4.89. The Labute approximate surface area is 165 Å². The van der Waals surface area contributed by atoms with E-state index in [4.69, 9.17) is 4.74 Å². The molecule has 0 saturated heterocycles. The summed E-state index contributed by atoms with van der Waals surface area (Å²) in [5.74, 6) is 0.824. The van der Waals surface area contributed by atoms with Gasteiger partial charge in [-0.2, -0.15) is 0 Å². The highest BCUT2D eigenvalue weighted by Crippen LogP contribution is 2.27. The number of nitrogens with zero attached hydrogens (tertiary/aromatic N) is 3. The van der Waals surface area contributed by atoms with Gasteiger partial charge in [0.1, 0.15) is 12.1 Å². The summed E-state index contributed by atoms with van der Waals surface area (Å²) >= 11 is 0. The average Bonchev–Trinajstić information content (AvgIpc) is 3.15. The van der Waals surface area contributed by atoms with Gasteiger partial charge in [0.05, 0.1) is 23.8 Å². The van der Waals surface area contributed by atoms with Crippen molar-refractivity contribution in [3.05, 3.63) is 78.6 Å². The average molecular weight is 372 g/mol. The molecule has 0 amide bonds. The van der Waals surface area contributed by atoms with E-state index in [1.54, 1.807) is 7.11 Å². The monoisotopic (exact) mass is 372 g/mol. The first-order valence-corrected chi connectivity index (χ1v) is 9.26. The molecule has 4 rings (SSSR count). The van der Waals surface area contributed by atoms with Crippen LogP contribution in [0.15, 0.2) is 73.1 Å². The zero-order chi connectivity index (χ0) is 19.5. The lowest BCUT2D eigenvalue weighted by Crippen LogP contribution is -2.08. The highest BCUT2D eigenvalue weighted by molar-refractivity contribution is 5.81. The van der Waals surface area contributed by atoms with E-state index in [0.717, 1.165) is 34.7 Å². The fourth-order valence-electron chi connectivity index (χ4n) is 3.26. The topological polar surface area (TPSA) is 42.3 Å². The molecule has 4 aromatic rings. The summed E-state index contributed by atoms with van der Waals surface area (Å²) < 4.78 is 7.54. The maximum absolute atomic E-state index is 5.49. The minimum Gasteiger partial charge on any atom is -0.495 e. The van der Waals surface area contributed by atoms with Gasteiger partial charge in [-0.1, -0.05) is 24.3 Å². The Morgan fingerprint density at radius 3 is 2.54 bits per heavy atom. The summed E-state index contributed by atoms with van der Waals surface area (Å²) in [7, 11) is 5.78. The summed E-state index contributed by atoms with van der Waals surface area (Å²) in [5, 5.41) is 3.49. The number of fused-ring (bicyclic) bond motifs is 1. The van der Waals surface area contributed by atoms with E-state index in [0.29, 0.717) is 0 Å². The first kappa shape index (κ1) is 17.9. The number of anilines is 2. The van der Waals surface area contributed by atoms with Gasteiger partial charge in [0.2, 0.25) is 0 Å². The summed E-state index contributed by atoms with van der Waals surface area (Å²) in [5.41, 5.74) is 6.46. The molecule has 0 unspecified atom stereocenters. The number of methoxy groups -OCH3 is 1. The molecular weight excluding hydrogens is 348 g/mol. The number of hydrogen-bond donors (Lipinski definition) is 1. The van der Waals surface area contributed by atoms with Crippen LogP contribution in [0.4, 0.5) is 11.4 Å². The number of rotatable bonds is 6. The number of ether oxygens (including phenoxy) is 1. The van der Waals surface area contributed by atoms with Crippen LogP contribution in [-0.4, -0.2) is 30.8 Å². The predicted octanol–water partition coefficient (Wildman–Crippen LogP) is 4.71. The van der Waals surface area contributed by atoms with Crippen molar-refractivity contribution in [1.82, 2.24) is 9.55 Å². The molecule has 1 aromatic heterocycles. The molecule has 1 heterocycles. The lowest BCUT2D eigenvalue weighted by molar-refractivity contribution is 0.413. The van der Waals surface area contributed by atoms with Gasteiger partial charge in [0.25, 0.3) is 0 Å². The van der Waals surface area contributed by atoms with Crippen LogP contribution in [0.3, 0.4) is 0 Å². The number of benzene rings is 3. The third-order valence-electron chi connectivity index (χ3n) is 4.84. The van der Waals surface area contributed by atoms with E-state index >= 15 is 0 Å². The second kappa shape index (κ2) is 7.64. The van der Waals surface area contributed by atoms with Crippen LogP contribution in [0.2, 0.25) is 0 Å². The highest BCUT2D eigenvalue weighted by Gasteiger charge is 2.09. The maximum Gasteiger partial charge on any atom is 0.142 e. The molecule has 0 aliphatic rings. The van der Waals surface area contributed by atoms with E-state index in [2.05, 4.69) is 62.2 Å². The van der Waals surface area contributed by atoms with E-state index in [1.165, 1.54) is 11.3 Å². The Morgan fingerprint density at radius 2 is 1.79 bits per heavy atom. The smallest absolute Gasteiger partial charge is 0.142 e. The van der Waals surface area contributed by atoms with Gasteiger partial charge in [-0.15, -0.1) is 0 Å². The summed E-state index contributed by atoms with van der Waals surface area (Å²) in [6.45, 7) is 0.770. The molecule has 28 heavy (non-hydrogen) atoms. The minimum atomic E-state index is 0.770. The standard InChI is InChI=1S/C23H24N4O/c1-26(2)19-11-8-17(9-12-19)15-24-18-10-13-21-20(14-18)25-16-27(21)22-6-4-5-7-23(22)28-3/h4-14,16,24H,15H2,1-3H3. The molecular formula is C23H24N4O. The Morgan fingerprint density at radius 1 is 1.00 bits per heavy atom. The van der Waals surface area contributed by atoms with E-state index in [9.17, 15) is 0 Å². The van der Waals surface area contributed by atoms with Crippen molar-refractivity contribution in [1.29, 1.82) is 0 Å². The normalized spacial score (nSPS) is 10.8. The minimum absolute atomic E-state index is 0.770. The Hall–Kier alpha value is -3.47. The number of para-hydroxylation sites is 2. The predicted molar refractivity (Wildman–Crippen MR) is 116 cm³/mol. The number of imidazole rings is 1. The largest absolute Gasteiger partial charge is 0.495 e. The zero-order valence-electron chi connectivity index (χ0n) is 16.4. The number of nitrogens with one attached hydrogen (secondary N) is 1. The van der Waals surface area contributed by atoms with Crippen LogP contribution in [-0.2, 0) is 6.54 Å². The molecule has 0 spiro atoms. The third kappa shape index (κ3) is 3.51. The first-order chi connectivity index (χ1) is 13.7. The van der Waals surface area contributed by atoms with Gasteiger partial charge in [0.15, 0.2) is 0 Å². The van der Waals surface area contributed by atoms with Gasteiger partial charge in [-0.05, 0) is 48.0 Å². The van der Waals surface area contributed by atoms with Crippen molar-refractivity contribution in [2.45, 2.75) is 6.54 Å². The van der Waals surface area contributed by atoms with Crippen LogP contribution in [0.25, 0.3) is 16.7 Å². The van der Waals surface area contributed by atoms with Crippen molar-refractivity contribution >= 4 is 22.4 Å². The SMILES string of the molecule is COc1ccccc1-n1cnc2cc(NCc3ccc(N(C)C)cc3)ccc21. The van der Waals surface area contributed by atoms with Crippen LogP contribution in [0, 0.1) is 0 Å². The van der Waals surface area contributed by atoms with Gasteiger partial charge < -0.3 is 15.0 Å². The Balaban J connectivity index is 1.54. The molecule has 5 nitrogen and oxygen atoms in total. The lowest BCUT2D eigenvalue weighted by Gasteiger charge is -2.13. The highest BCUT2D eigenvalue weighted by atomic mass is 16.5. The van der Waals surface area contributed by atoms with Gasteiger partial charge in [-0.3, -0.25) is 4.57 Å². The zero-order valence-corrected chi connectivity index (χ0v) is 16.4. The molecule has 0 aliphatic carbocycles. The van der Waals surface area contributed by atoms with E-state index in [-0.39, 0.29) is 0 Å². The molecule has 0 fully saturated rings. The van der Waals surface area contributed by atoms with Crippen LogP contribution in [0.5, 0.6) is 5.75 Å². The first-order valence-electron chi connectivity index (χ1n) is 9.26. The maximum atomic E-state index is 5.49. The molecule has 0 aliphatic heterocycles. The molecule has 0 bridgehead atoms. The second-order valence-electron chi connectivity index (χ2n) is 6.90. The van der Waals surface area contributed by atoms with Crippen molar-refractivity contribution < 1.29 is 4.74 Å². The molecule has 0 saturated carbocycles. The van der Waals surface area contributed by atoms with Crippen LogP contribution < -0.4 is 15.0 Å². The van der Waals surface area contributed by atoms with Crippen molar-refractivity contribution in [3.63, 3.8) is 0 Å². The number of aromatic nitrogens is 2. The van der Waals surface area contributed by atoms with Crippen LogP contribution >= 0.6 is 0 Å². The number of hydrogen-bond acceptors (Lipinski definition) is 4. The summed E-state index contributed by atoms with van der Waals surface area (Å²) in [4.78, 5) is 6.68.